The molecule has 6 rings (SSSR count). The molecule has 0 radical (unpaired) electrons. The number of fused-ring (bicyclic) bond motifs is 5. The van der Waals surface area contributed by atoms with Crippen LogP contribution in [0.2, 0.25) is 0 Å². The lowest BCUT2D eigenvalue weighted by atomic mass is 9.95. The first-order valence-electron chi connectivity index (χ1n) is 16.1. The van der Waals surface area contributed by atoms with Crippen LogP contribution >= 0.6 is 0 Å². The van der Waals surface area contributed by atoms with Gasteiger partial charge in [-0.2, -0.15) is 15.0 Å². The molecule has 6 heterocycles. The largest absolute Gasteiger partial charge is 0.384 e. The van der Waals surface area contributed by atoms with E-state index in [-0.39, 0.29) is 41.1 Å². The van der Waals surface area contributed by atoms with Crippen LogP contribution in [-0.4, -0.2) is 71.0 Å². The number of pyridine rings is 1. The van der Waals surface area contributed by atoms with Gasteiger partial charge in [-0.1, -0.05) is 44.9 Å². The Morgan fingerprint density at radius 1 is 0.738 bits per heavy atom. The van der Waals surface area contributed by atoms with Crippen molar-refractivity contribution in [1.29, 1.82) is 0 Å². The molecule has 4 fully saturated rings. The smallest absolute Gasteiger partial charge is 0.264 e. The maximum Gasteiger partial charge on any atom is 0.264 e. The van der Waals surface area contributed by atoms with Crippen LogP contribution in [-0.2, 0) is 9.47 Å². The highest BCUT2D eigenvalue weighted by Crippen LogP contribution is 2.34. The van der Waals surface area contributed by atoms with Crippen molar-refractivity contribution < 1.29 is 18.3 Å². The molecule has 0 aromatic carbocycles. The number of nitrogens with zero attached hydrogens (tertiary/aromatic N) is 6. The Kier molecular flexibility index (Phi) is 9.63. The second-order valence-corrected chi connectivity index (χ2v) is 12.6. The van der Waals surface area contributed by atoms with E-state index < -0.39 is 6.43 Å². The number of nitrogens with two attached hydrogens (primary N) is 1. The molecule has 4 atom stereocenters. The van der Waals surface area contributed by atoms with Gasteiger partial charge in [0.15, 0.2) is 5.82 Å². The molecule has 2 N–H and O–H groups in total. The summed E-state index contributed by atoms with van der Waals surface area (Å²) < 4.78 is 40.9. The summed E-state index contributed by atoms with van der Waals surface area (Å²) in [7, 11) is 0. The minimum absolute atomic E-state index is 0.0447. The molecule has 11 heteroatoms. The third kappa shape index (κ3) is 7.27. The Labute approximate surface area is 247 Å². The van der Waals surface area contributed by atoms with Gasteiger partial charge >= 0.3 is 0 Å². The van der Waals surface area contributed by atoms with Crippen LogP contribution in [0.5, 0.6) is 0 Å². The van der Waals surface area contributed by atoms with E-state index in [1.165, 1.54) is 57.2 Å². The van der Waals surface area contributed by atoms with E-state index in [4.69, 9.17) is 30.2 Å². The monoisotopic (exact) mass is 585 g/mol. The molecule has 42 heavy (non-hydrogen) atoms. The van der Waals surface area contributed by atoms with Gasteiger partial charge in [0, 0.05) is 50.1 Å². The molecule has 2 aromatic heterocycles. The van der Waals surface area contributed by atoms with Crippen LogP contribution in [0.4, 0.5) is 26.5 Å². The van der Waals surface area contributed by atoms with E-state index in [1.807, 2.05) is 0 Å². The maximum atomic E-state index is 14.2. The van der Waals surface area contributed by atoms with Gasteiger partial charge in [0.05, 0.1) is 18.3 Å². The molecule has 0 saturated carbocycles. The second-order valence-electron chi connectivity index (χ2n) is 12.6. The number of aromatic nitrogens is 4. The lowest BCUT2D eigenvalue weighted by Gasteiger charge is -2.33. The van der Waals surface area contributed by atoms with Crippen LogP contribution in [0.3, 0.4) is 0 Å². The maximum absolute atomic E-state index is 14.2. The molecule has 4 bridgehead atoms. The van der Waals surface area contributed by atoms with Gasteiger partial charge < -0.3 is 25.0 Å². The molecular weight excluding hydrogens is 540 g/mol. The van der Waals surface area contributed by atoms with Crippen LogP contribution < -0.4 is 15.5 Å². The average molecular weight is 586 g/mol. The molecular formula is C31H45F2N7O2. The Hall–Kier alpha value is -2.66. The number of ether oxygens (including phenoxy) is 2. The summed E-state index contributed by atoms with van der Waals surface area (Å²) in [6.07, 6.45) is 14.3. The minimum atomic E-state index is -2.74. The number of nitrogen functional groups attached to an aromatic ring is 1. The highest BCUT2D eigenvalue weighted by atomic mass is 19.3. The van der Waals surface area contributed by atoms with E-state index >= 15 is 0 Å². The van der Waals surface area contributed by atoms with Crippen LogP contribution in [0.15, 0.2) is 12.3 Å². The van der Waals surface area contributed by atoms with Gasteiger partial charge in [0.2, 0.25) is 11.9 Å². The molecule has 4 aliphatic heterocycles. The van der Waals surface area contributed by atoms with E-state index in [9.17, 15) is 8.78 Å². The minimum Gasteiger partial charge on any atom is -0.384 e. The highest BCUT2D eigenvalue weighted by molar-refractivity contribution is 5.64. The summed E-state index contributed by atoms with van der Waals surface area (Å²) in [6.45, 7) is 3.61. The van der Waals surface area contributed by atoms with Crippen molar-refractivity contribution in [3.8, 4) is 11.4 Å². The molecule has 0 spiro atoms. The Morgan fingerprint density at radius 2 is 1.36 bits per heavy atom. The molecule has 9 nitrogen and oxygen atoms in total. The Balaban J connectivity index is 1.35. The normalized spacial score (nSPS) is 28.0. The van der Waals surface area contributed by atoms with E-state index in [1.54, 1.807) is 0 Å². The van der Waals surface area contributed by atoms with Gasteiger partial charge in [-0.15, -0.1) is 0 Å². The van der Waals surface area contributed by atoms with Crippen LogP contribution in [0, 0.1) is 5.92 Å². The molecule has 4 unspecified atom stereocenters. The summed E-state index contributed by atoms with van der Waals surface area (Å²) in [5.41, 5.74) is 5.76. The third-order valence-corrected chi connectivity index (χ3v) is 9.31. The second kappa shape index (κ2) is 13.8. The first kappa shape index (κ1) is 29.4. The molecule has 230 valence electrons. The molecule has 2 aromatic rings. The third-order valence-electron chi connectivity index (χ3n) is 9.31. The molecule has 4 saturated heterocycles. The van der Waals surface area contributed by atoms with Crippen LogP contribution in [0.25, 0.3) is 11.4 Å². The van der Waals surface area contributed by atoms with E-state index in [0.29, 0.717) is 37.4 Å². The van der Waals surface area contributed by atoms with Crippen molar-refractivity contribution in [2.45, 2.75) is 108 Å². The fourth-order valence-corrected chi connectivity index (χ4v) is 7.01. The fraction of sp³-hybridized carbons (Fsp3) is 0.742. The van der Waals surface area contributed by atoms with E-state index in [2.05, 4.69) is 14.8 Å². The predicted octanol–water partition coefficient (Wildman–Crippen LogP) is 5.95. The van der Waals surface area contributed by atoms with Crippen LogP contribution in [0.1, 0.15) is 95.5 Å². The molecule has 4 aliphatic rings. The average Bonchev–Trinajstić information content (AvgIpc) is 3.19. The fourth-order valence-electron chi connectivity index (χ4n) is 7.01. The molecule has 0 aliphatic carbocycles. The summed E-state index contributed by atoms with van der Waals surface area (Å²) in [5, 5.41) is 0. The zero-order valence-electron chi connectivity index (χ0n) is 24.6. The number of anilines is 3. The van der Waals surface area contributed by atoms with Gasteiger partial charge in [-0.25, -0.2) is 13.8 Å². The van der Waals surface area contributed by atoms with Crippen molar-refractivity contribution >= 4 is 17.7 Å². The molecule has 0 amide bonds. The van der Waals surface area contributed by atoms with Gasteiger partial charge in [0.1, 0.15) is 5.82 Å². The summed E-state index contributed by atoms with van der Waals surface area (Å²) in [5.74, 6) is 1.78. The number of hydrogen-bond acceptors (Lipinski definition) is 9. The van der Waals surface area contributed by atoms with Crippen molar-refractivity contribution in [2.24, 2.45) is 5.92 Å². The Morgan fingerprint density at radius 3 is 2.07 bits per heavy atom. The van der Waals surface area contributed by atoms with Gasteiger partial charge in [0.25, 0.3) is 6.43 Å². The first-order valence-corrected chi connectivity index (χ1v) is 16.1. The Bertz CT molecular complexity index is 1150. The first-order chi connectivity index (χ1) is 20.5. The highest BCUT2D eigenvalue weighted by Gasteiger charge is 2.36. The number of alkyl halides is 2. The zero-order valence-corrected chi connectivity index (χ0v) is 24.6. The number of rotatable bonds is 4. The number of hydrogen-bond donors (Lipinski definition) is 1. The number of halogens is 2. The van der Waals surface area contributed by atoms with Gasteiger partial charge in [-0.05, 0) is 50.5 Å². The summed E-state index contributed by atoms with van der Waals surface area (Å²) >= 11 is 0. The van der Waals surface area contributed by atoms with Crippen molar-refractivity contribution in [1.82, 2.24) is 19.9 Å². The SMILES string of the molecule is Nc1cc(C(F)F)c(-c2nc(N3CC4CCCCCCCCCCOC(CC4)C3)nc(N3CC4CCC(C3)O4)n2)cn1. The summed E-state index contributed by atoms with van der Waals surface area (Å²) in [6, 6.07) is 1.22. The quantitative estimate of drug-likeness (QED) is 0.466. The van der Waals surface area contributed by atoms with Crippen molar-refractivity contribution in [3.63, 3.8) is 0 Å². The van der Waals surface area contributed by atoms with Crippen molar-refractivity contribution in [2.75, 3.05) is 48.3 Å². The standard InChI is InChI=1S/C31H45F2N7O2/c32-28(33)25-15-27(34)35-16-26(25)29-36-30(38-31(37-29)40-19-23-12-13-24(20-40)42-23)39-17-21-9-7-5-3-1-2-4-6-8-14-41-22(18-39)11-10-21/h15-16,21-24,28H,1-14,17-20H2,(H2,34,35). The lowest BCUT2D eigenvalue weighted by molar-refractivity contribution is 0.0299. The lowest BCUT2D eigenvalue weighted by Crippen LogP contribution is -2.44. The predicted molar refractivity (Wildman–Crippen MR) is 159 cm³/mol. The number of morpholine rings is 1. The summed E-state index contributed by atoms with van der Waals surface area (Å²) in [4.78, 5) is 23.1. The van der Waals surface area contributed by atoms with E-state index in [0.717, 1.165) is 51.7 Å². The zero-order chi connectivity index (χ0) is 28.9. The van der Waals surface area contributed by atoms with Crippen molar-refractivity contribution in [3.05, 3.63) is 17.8 Å². The van der Waals surface area contributed by atoms with Gasteiger partial charge in [-0.3, -0.25) is 0 Å². The topological polar surface area (TPSA) is 103 Å².